The van der Waals surface area contributed by atoms with E-state index in [1.54, 1.807) is 24.7 Å². The number of methoxy groups -OCH3 is 1. The Morgan fingerprint density at radius 1 is 1.58 bits per heavy atom. The first kappa shape index (κ1) is 8.39. The highest BCUT2D eigenvalue weighted by Crippen LogP contribution is 1.93. The Balaban J connectivity index is 2.64. The van der Waals surface area contributed by atoms with Gasteiger partial charge in [0, 0.05) is 18.5 Å². The SMILES string of the molecule is COC(=O)/C=C/c1cnccn1. The smallest absolute Gasteiger partial charge is 0.330 e. The summed E-state index contributed by atoms with van der Waals surface area (Å²) in [6, 6.07) is 0. The summed E-state index contributed by atoms with van der Waals surface area (Å²) < 4.78 is 4.40. The molecule has 0 aliphatic rings. The van der Waals surface area contributed by atoms with Crippen molar-refractivity contribution >= 4 is 12.0 Å². The summed E-state index contributed by atoms with van der Waals surface area (Å²) in [5.74, 6) is -0.402. The molecule has 0 amide bonds. The van der Waals surface area contributed by atoms with Gasteiger partial charge in [-0.3, -0.25) is 9.97 Å². The maximum absolute atomic E-state index is 10.6. The maximum Gasteiger partial charge on any atom is 0.330 e. The summed E-state index contributed by atoms with van der Waals surface area (Å²) in [7, 11) is 1.32. The van der Waals surface area contributed by atoms with Crippen LogP contribution in [0.15, 0.2) is 24.7 Å². The van der Waals surface area contributed by atoms with E-state index < -0.39 is 5.97 Å². The fraction of sp³-hybridized carbons (Fsp3) is 0.125. The van der Waals surface area contributed by atoms with Crippen molar-refractivity contribution in [2.45, 2.75) is 0 Å². The number of hydrogen-bond acceptors (Lipinski definition) is 4. The Hall–Kier alpha value is -1.71. The fourth-order valence-electron chi connectivity index (χ4n) is 0.618. The number of carbonyl (C=O) groups excluding carboxylic acids is 1. The molecular formula is C8H8N2O2. The van der Waals surface area contributed by atoms with Gasteiger partial charge in [0.15, 0.2) is 0 Å². The van der Waals surface area contributed by atoms with Crippen LogP contribution in [0, 0.1) is 0 Å². The molecule has 0 spiro atoms. The largest absolute Gasteiger partial charge is 0.466 e. The van der Waals surface area contributed by atoms with Crippen LogP contribution in [0.25, 0.3) is 6.08 Å². The molecule has 1 aromatic rings. The first-order valence-electron chi connectivity index (χ1n) is 3.35. The minimum absolute atomic E-state index is 0.402. The molecule has 1 rings (SSSR count). The number of esters is 1. The van der Waals surface area contributed by atoms with Crippen molar-refractivity contribution < 1.29 is 9.53 Å². The van der Waals surface area contributed by atoms with Crippen molar-refractivity contribution in [3.8, 4) is 0 Å². The van der Waals surface area contributed by atoms with E-state index in [4.69, 9.17) is 0 Å². The van der Waals surface area contributed by atoms with Crippen molar-refractivity contribution in [1.82, 2.24) is 9.97 Å². The molecule has 4 heteroatoms. The predicted octanol–water partition coefficient (Wildman–Crippen LogP) is 0.663. The van der Waals surface area contributed by atoms with Crippen LogP contribution in [0.5, 0.6) is 0 Å². The van der Waals surface area contributed by atoms with Crippen molar-refractivity contribution in [3.05, 3.63) is 30.4 Å². The van der Waals surface area contributed by atoms with Crippen LogP contribution in [0.2, 0.25) is 0 Å². The first-order chi connectivity index (χ1) is 5.83. The zero-order valence-corrected chi connectivity index (χ0v) is 6.60. The molecule has 1 heterocycles. The average Bonchev–Trinajstić information content (AvgIpc) is 2.16. The van der Waals surface area contributed by atoms with Gasteiger partial charge in [-0.05, 0) is 6.08 Å². The molecule has 12 heavy (non-hydrogen) atoms. The topological polar surface area (TPSA) is 52.1 Å². The van der Waals surface area contributed by atoms with Crippen LogP contribution >= 0.6 is 0 Å². The van der Waals surface area contributed by atoms with Crippen LogP contribution in [-0.4, -0.2) is 23.0 Å². The van der Waals surface area contributed by atoms with Crippen molar-refractivity contribution in [2.24, 2.45) is 0 Å². The Kier molecular flexibility index (Phi) is 2.95. The minimum atomic E-state index is -0.402. The standard InChI is InChI=1S/C8H8N2O2/c1-12-8(11)3-2-7-6-9-4-5-10-7/h2-6H,1H3/b3-2+. The van der Waals surface area contributed by atoms with Gasteiger partial charge < -0.3 is 4.74 Å². The Morgan fingerprint density at radius 2 is 2.42 bits per heavy atom. The number of rotatable bonds is 2. The lowest BCUT2D eigenvalue weighted by atomic mass is 10.4. The van der Waals surface area contributed by atoms with Gasteiger partial charge in [-0.2, -0.15) is 0 Å². The molecule has 0 unspecified atom stereocenters. The average molecular weight is 164 g/mol. The highest BCUT2D eigenvalue weighted by atomic mass is 16.5. The van der Waals surface area contributed by atoms with Gasteiger partial charge in [-0.1, -0.05) is 0 Å². The highest BCUT2D eigenvalue weighted by molar-refractivity contribution is 5.86. The zero-order valence-electron chi connectivity index (χ0n) is 6.60. The van der Waals surface area contributed by atoms with Gasteiger partial charge in [0.05, 0.1) is 19.0 Å². The maximum atomic E-state index is 10.6. The molecule has 0 bridgehead atoms. The quantitative estimate of drug-likeness (QED) is 0.476. The molecule has 0 atom stereocenters. The second-order valence-corrected chi connectivity index (χ2v) is 1.99. The van der Waals surface area contributed by atoms with E-state index in [1.807, 2.05) is 0 Å². The molecule has 0 saturated carbocycles. The third-order valence-electron chi connectivity index (χ3n) is 1.17. The number of carbonyl (C=O) groups is 1. The van der Waals surface area contributed by atoms with Crippen LogP contribution in [0.1, 0.15) is 5.69 Å². The molecular weight excluding hydrogens is 156 g/mol. The summed E-state index contributed by atoms with van der Waals surface area (Å²) in [5, 5.41) is 0. The summed E-state index contributed by atoms with van der Waals surface area (Å²) in [5.41, 5.74) is 0.628. The summed E-state index contributed by atoms with van der Waals surface area (Å²) in [4.78, 5) is 18.4. The molecule has 4 nitrogen and oxygen atoms in total. The number of hydrogen-bond donors (Lipinski definition) is 0. The summed E-state index contributed by atoms with van der Waals surface area (Å²) in [6.45, 7) is 0. The Morgan fingerprint density at radius 3 is 3.00 bits per heavy atom. The Labute approximate surface area is 69.9 Å². The monoisotopic (exact) mass is 164 g/mol. The van der Waals surface area contributed by atoms with E-state index in [1.165, 1.54) is 13.2 Å². The van der Waals surface area contributed by atoms with Crippen molar-refractivity contribution in [2.75, 3.05) is 7.11 Å². The minimum Gasteiger partial charge on any atom is -0.466 e. The number of aromatic nitrogens is 2. The highest BCUT2D eigenvalue weighted by Gasteiger charge is 1.91. The van der Waals surface area contributed by atoms with Gasteiger partial charge in [-0.15, -0.1) is 0 Å². The van der Waals surface area contributed by atoms with Crippen LogP contribution in [0.4, 0.5) is 0 Å². The van der Waals surface area contributed by atoms with E-state index in [0.717, 1.165) is 0 Å². The van der Waals surface area contributed by atoms with Crippen LogP contribution < -0.4 is 0 Å². The van der Waals surface area contributed by atoms with E-state index in [9.17, 15) is 4.79 Å². The molecule has 0 radical (unpaired) electrons. The predicted molar refractivity (Wildman–Crippen MR) is 43.1 cm³/mol. The molecule has 0 fully saturated rings. The van der Waals surface area contributed by atoms with Crippen molar-refractivity contribution in [1.29, 1.82) is 0 Å². The lowest BCUT2D eigenvalue weighted by Gasteiger charge is -1.89. The van der Waals surface area contributed by atoms with E-state index in [2.05, 4.69) is 14.7 Å². The molecule has 1 aromatic heterocycles. The zero-order chi connectivity index (χ0) is 8.81. The summed E-state index contributed by atoms with van der Waals surface area (Å²) in [6.07, 6.45) is 7.51. The second kappa shape index (κ2) is 4.23. The van der Waals surface area contributed by atoms with Gasteiger partial charge in [0.2, 0.25) is 0 Å². The van der Waals surface area contributed by atoms with Gasteiger partial charge in [-0.25, -0.2) is 4.79 Å². The van der Waals surface area contributed by atoms with E-state index in [0.29, 0.717) is 5.69 Å². The lowest BCUT2D eigenvalue weighted by Crippen LogP contribution is -1.93. The second-order valence-electron chi connectivity index (χ2n) is 1.99. The van der Waals surface area contributed by atoms with E-state index >= 15 is 0 Å². The number of nitrogens with zero attached hydrogens (tertiary/aromatic N) is 2. The van der Waals surface area contributed by atoms with Gasteiger partial charge in [0.25, 0.3) is 0 Å². The number of ether oxygens (including phenoxy) is 1. The van der Waals surface area contributed by atoms with Crippen molar-refractivity contribution in [3.63, 3.8) is 0 Å². The van der Waals surface area contributed by atoms with E-state index in [-0.39, 0.29) is 0 Å². The molecule has 0 aliphatic carbocycles. The molecule has 0 aromatic carbocycles. The lowest BCUT2D eigenvalue weighted by molar-refractivity contribution is -0.134. The fourth-order valence-corrected chi connectivity index (χ4v) is 0.618. The van der Waals surface area contributed by atoms with Crippen LogP contribution in [-0.2, 0) is 9.53 Å². The summed E-state index contributed by atoms with van der Waals surface area (Å²) >= 11 is 0. The first-order valence-corrected chi connectivity index (χ1v) is 3.35. The van der Waals surface area contributed by atoms with Gasteiger partial charge >= 0.3 is 5.97 Å². The Bertz CT molecular complexity index is 282. The molecule has 0 aliphatic heterocycles. The normalized spacial score (nSPS) is 10.1. The van der Waals surface area contributed by atoms with Crippen LogP contribution in [0.3, 0.4) is 0 Å². The molecule has 62 valence electrons. The van der Waals surface area contributed by atoms with Gasteiger partial charge in [0.1, 0.15) is 0 Å². The molecule has 0 saturated heterocycles. The third kappa shape index (κ3) is 2.49. The third-order valence-corrected chi connectivity index (χ3v) is 1.17. The molecule has 0 N–H and O–H groups in total.